The maximum atomic E-state index is 12.8. The van der Waals surface area contributed by atoms with Crippen molar-refractivity contribution >= 4 is 5.91 Å². The molecular weight excluding hydrogens is 354 g/mol. The van der Waals surface area contributed by atoms with Crippen LogP contribution in [0.2, 0.25) is 0 Å². The number of benzene rings is 2. The van der Waals surface area contributed by atoms with Gasteiger partial charge in [-0.05, 0) is 48.4 Å². The van der Waals surface area contributed by atoms with Crippen LogP contribution >= 0.6 is 0 Å². The number of carbonyl (C=O) groups excluding carboxylic acids is 1. The lowest BCUT2D eigenvalue weighted by atomic mass is 10.1. The van der Waals surface area contributed by atoms with Crippen molar-refractivity contribution in [2.45, 2.75) is 18.5 Å². The molecule has 142 valence electrons. The number of nitrogens with zero attached hydrogens (tertiary/aromatic N) is 1. The monoisotopic (exact) mass is 375 g/mol. The summed E-state index contributed by atoms with van der Waals surface area (Å²) in [7, 11) is 1.63. The highest BCUT2D eigenvalue weighted by atomic mass is 16.5. The van der Waals surface area contributed by atoms with Crippen molar-refractivity contribution in [2.75, 3.05) is 7.11 Å². The van der Waals surface area contributed by atoms with E-state index in [2.05, 4.69) is 5.32 Å². The Labute approximate surface area is 162 Å². The first-order chi connectivity index (χ1) is 13.6. The SMILES string of the molecule is COc1cccc2c1CC(N)C2NC(=O)c1ccc(-n2ccccc2=O)cc1. The van der Waals surface area contributed by atoms with Gasteiger partial charge in [0, 0.05) is 35.1 Å². The van der Waals surface area contributed by atoms with Crippen LogP contribution in [0, 0.1) is 0 Å². The summed E-state index contributed by atoms with van der Waals surface area (Å²) in [5.74, 6) is 0.588. The number of amides is 1. The minimum atomic E-state index is -0.269. The third-order valence-electron chi connectivity index (χ3n) is 5.11. The largest absolute Gasteiger partial charge is 0.496 e. The predicted molar refractivity (Wildman–Crippen MR) is 107 cm³/mol. The minimum absolute atomic E-state index is 0.123. The van der Waals surface area contributed by atoms with Gasteiger partial charge in [-0.15, -0.1) is 0 Å². The molecule has 28 heavy (non-hydrogen) atoms. The summed E-state index contributed by atoms with van der Waals surface area (Å²) in [6, 6.07) is 17.2. The number of nitrogens with one attached hydrogen (secondary N) is 1. The third-order valence-corrected chi connectivity index (χ3v) is 5.11. The van der Waals surface area contributed by atoms with Crippen LogP contribution in [0.25, 0.3) is 5.69 Å². The van der Waals surface area contributed by atoms with E-state index in [-0.39, 0.29) is 23.6 Å². The molecule has 6 heteroatoms. The molecule has 1 aromatic heterocycles. The molecule has 3 N–H and O–H groups in total. The Hall–Kier alpha value is -3.38. The average Bonchev–Trinajstić information content (AvgIpc) is 3.04. The molecule has 0 fully saturated rings. The number of rotatable bonds is 4. The maximum Gasteiger partial charge on any atom is 0.255 e. The van der Waals surface area contributed by atoms with Crippen LogP contribution in [0.4, 0.5) is 0 Å². The maximum absolute atomic E-state index is 12.8. The van der Waals surface area contributed by atoms with E-state index in [1.54, 1.807) is 49.7 Å². The highest BCUT2D eigenvalue weighted by molar-refractivity contribution is 5.94. The van der Waals surface area contributed by atoms with Crippen molar-refractivity contribution in [2.24, 2.45) is 5.73 Å². The Bertz CT molecular complexity index is 1070. The van der Waals surface area contributed by atoms with Gasteiger partial charge in [-0.25, -0.2) is 0 Å². The molecule has 2 aromatic carbocycles. The van der Waals surface area contributed by atoms with E-state index in [1.807, 2.05) is 18.2 Å². The molecule has 0 radical (unpaired) electrons. The molecule has 0 bridgehead atoms. The lowest BCUT2D eigenvalue weighted by molar-refractivity contribution is 0.0933. The second kappa shape index (κ2) is 7.32. The van der Waals surface area contributed by atoms with Gasteiger partial charge in [-0.1, -0.05) is 18.2 Å². The van der Waals surface area contributed by atoms with E-state index in [4.69, 9.17) is 10.5 Å². The van der Waals surface area contributed by atoms with E-state index >= 15 is 0 Å². The van der Waals surface area contributed by atoms with Gasteiger partial charge in [0.15, 0.2) is 0 Å². The van der Waals surface area contributed by atoms with Gasteiger partial charge in [0.05, 0.1) is 13.2 Å². The molecule has 6 nitrogen and oxygen atoms in total. The highest BCUT2D eigenvalue weighted by Crippen LogP contribution is 2.36. The second-order valence-electron chi connectivity index (χ2n) is 6.80. The van der Waals surface area contributed by atoms with Gasteiger partial charge < -0.3 is 15.8 Å². The summed E-state index contributed by atoms with van der Waals surface area (Å²) >= 11 is 0. The second-order valence-corrected chi connectivity index (χ2v) is 6.80. The van der Waals surface area contributed by atoms with E-state index in [1.165, 1.54) is 10.6 Å². The van der Waals surface area contributed by atoms with E-state index in [0.29, 0.717) is 17.7 Å². The number of hydrogen-bond acceptors (Lipinski definition) is 4. The minimum Gasteiger partial charge on any atom is -0.496 e. The molecule has 0 saturated heterocycles. The van der Waals surface area contributed by atoms with E-state index < -0.39 is 0 Å². The molecule has 2 unspecified atom stereocenters. The van der Waals surface area contributed by atoms with Crippen LogP contribution in [0.3, 0.4) is 0 Å². The van der Waals surface area contributed by atoms with Gasteiger partial charge in [0.2, 0.25) is 0 Å². The van der Waals surface area contributed by atoms with Crippen LogP contribution in [-0.2, 0) is 6.42 Å². The number of pyridine rings is 1. The van der Waals surface area contributed by atoms with Crippen molar-refractivity contribution in [1.29, 1.82) is 0 Å². The zero-order valence-electron chi connectivity index (χ0n) is 15.5. The number of carbonyl (C=O) groups is 1. The molecule has 2 atom stereocenters. The van der Waals surface area contributed by atoms with Crippen molar-refractivity contribution in [3.63, 3.8) is 0 Å². The Balaban J connectivity index is 1.55. The summed E-state index contributed by atoms with van der Waals surface area (Å²) in [4.78, 5) is 24.7. The number of ether oxygens (including phenoxy) is 1. The lowest BCUT2D eigenvalue weighted by Crippen LogP contribution is -2.38. The summed E-state index contributed by atoms with van der Waals surface area (Å²) in [5.41, 5.74) is 9.41. The molecule has 0 spiro atoms. The van der Waals surface area contributed by atoms with Crippen LogP contribution in [-0.4, -0.2) is 23.6 Å². The summed E-state index contributed by atoms with van der Waals surface area (Å²) in [6.07, 6.45) is 2.35. The zero-order valence-corrected chi connectivity index (χ0v) is 15.5. The molecule has 1 heterocycles. The number of methoxy groups -OCH3 is 1. The molecule has 0 saturated carbocycles. The third kappa shape index (κ3) is 3.18. The fourth-order valence-corrected chi connectivity index (χ4v) is 3.69. The topological polar surface area (TPSA) is 86.3 Å². The first-order valence-corrected chi connectivity index (χ1v) is 9.09. The Morgan fingerprint density at radius 3 is 2.61 bits per heavy atom. The highest BCUT2D eigenvalue weighted by Gasteiger charge is 2.33. The Morgan fingerprint density at radius 1 is 1.11 bits per heavy atom. The van der Waals surface area contributed by atoms with Crippen LogP contribution < -0.4 is 21.3 Å². The smallest absolute Gasteiger partial charge is 0.255 e. The van der Waals surface area contributed by atoms with Gasteiger partial charge in [-0.2, -0.15) is 0 Å². The molecule has 3 aromatic rings. The molecule has 1 aliphatic carbocycles. The summed E-state index contributed by atoms with van der Waals surface area (Å²) in [6.45, 7) is 0. The van der Waals surface area contributed by atoms with Gasteiger partial charge in [-0.3, -0.25) is 14.2 Å². The standard InChI is InChI=1S/C22H21N3O3/c1-28-19-6-4-5-16-17(19)13-18(23)21(16)24-22(27)14-8-10-15(11-9-14)25-12-3-2-7-20(25)26/h2-12,18,21H,13,23H2,1H3,(H,24,27). The van der Waals surface area contributed by atoms with Crippen molar-refractivity contribution in [1.82, 2.24) is 9.88 Å². The fraction of sp³-hybridized carbons (Fsp3) is 0.182. The van der Waals surface area contributed by atoms with Crippen molar-refractivity contribution in [3.05, 3.63) is 93.9 Å². The number of aromatic nitrogens is 1. The lowest BCUT2D eigenvalue weighted by Gasteiger charge is -2.19. The first kappa shape index (κ1) is 18.0. The summed E-state index contributed by atoms with van der Waals surface area (Å²) < 4.78 is 6.94. The molecular formula is C22H21N3O3. The van der Waals surface area contributed by atoms with Crippen LogP contribution in [0.1, 0.15) is 27.5 Å². The van der Waals surface area contributed by atoms with Crippen molar-refractivity contribution in [3.8, 4) is 11.4 Å². The van der Waals surface area contributed by atoms with Crippen LogP contribution in [0.15, 0.2) is 71.7 Å². The predicted octanol–water partition coefficient (Wildman–Crippen LogP) is 2.20. The quantitative estimate of drug-likeness (QED) is 0.732. The Morgan fingerprint density at radius 2 is 1.89 bits per heavy atom. The fourth-order valence-electron chi connectivity index (χ4n) is 3.69. The van der Waals surface area contributed by atoms with Gasteiger partial charge in [0.1, 0.15) is 5.75 Å². The molecule has 1 aliphatic rings. The van der Waals surface area contributed by atoms with Gasteiger partial charge >= 0.3 is 0 Å². The number of nitrogens with two attached hydrogens (primary N) is 1. The average molecular weight is 375 g/mol. The van der Waals surface area contributed by atoms with Crippen molar-refractivity contribution < 1.29 is 9.53 Å². The summed E-state index contributed by atoms with van der Waals surface area (Å²) in [5, 5.41) is 3.04. The number of fused-ring (bicyclic) bond motifs is 1. The Kier molecular flexibility index (Phi) is 4.71. The number of hydrogen-bond donors (Lipinski definition) is 2. The van der Waals surface area contributed by atoms with Crippen LogP contribution in [0.5, 0.6) is 5.75 Å². The van der Waals surface area contributed by atoms with Gasteiger partial charge in [0.25, 0.3) is 11.5 Å². The zero-order chi connectivity index (χ0) is 19.7. The first-order valence-electron chi connectivity index (χ1n) is 9.09. The molecule has 4 rings (SSSR count). The molecule has 1 amide bonds. The van der Waals surface area contributed by atoms with E-state index in [9.17, 15) is 9.59 Å². The molecule has 0 aliphatic heterocycles. The normalized spacial score (nSPS) is 17.8. The van der Waals surface area contributed by atoms with E-state index in [0.717, 1.165) is 16.9 Å².